The number of benzene rings is 1. The number of anilines is 1. The van der Waals surface area contributed by atoms with Crippen LogP contribution in [-0.4, -0.2) is 23.7 Å². The van der Waals surface area contributed by atoms with Gasteiger partial charge in [0, 0.05) is 12.6 Å². The van der Waals surface area contributed by atoms with Gasteiger partial charge in [-0.1, -0.05) is 11.6 Å². The van der Waals surface area contributed by atoms with E-state index in [-0.39, 0.29) is 22.7 Å². The molecule has 1 spiro atoms. The van der Waals surface area contributed by atoms with Gasteiger partial charge in [-0.15, -0.1) is 0 Å². The molecule has 1 N–H and O–H groups in total. The Kier molecular flexibility index (Phi) is 3.66. The molecule has 2 fully saturated rings. The van der Waals surface area contributed by atoms with E-state index < -0.39 is 17.0 Å². The number of aliphatic hydroxyl groups is 1. The second-order valence-corrected chi connectivity index (χ2v) is 6.34. The maximum Gasteiger partial charge on any atom is 0.233 e. The normalized spacial score (nSPS) is 29.4. The first-order chi connectivity index (χ1) is 9.93. The molecule has 114 valence electrons. The highest BCUT2D eigenvalue weighted by molar-refractivity contribution is 6.34. The molecule has 2 aliphatic rings. The van der Waals surface area contributed by atoms with E-state index >= 15 is 0 Å². The first-order valence-electron chi connectivity index (χ1n) is 7.07. The van der Waals surface area contributed by atoms with E-state index in [1.807, 2.05) is 0 Å². The predicted octanol–water partition coefficient (Wildman–Crippen LogP) is 3.28. The zero-order chi connectivity index (χ0) is 15.2. The van der Waals surface area contributed by atoms with Gasteiger partial charge in [-0.25, -0.2) is 8.78 Å². The number of amides is 1. The van der Waals surface area contributed by atoms with Crippen molar-refractivity contribution in [3.05, 3.63) is 28.8 Å². The van der Waals surface area contributed by atoms with E-state index in [0.29, 0.717) is 38.6 Å². The number of carbonyl (C=O) groups is 1. The Morgan fingerprint density at radius 3 is 2.52 bits per heavy atom. The number of carbonyl (C=O) groups excluding carboxylic acids is 1. The van der Waals surface area contributed by atoms with Crippen LogP contribution in [0, 0.1) is 17.0 Å². The van der Waals surface area contributed by atoms with Crippen LogP contribution in [0.1, 0.15) is 32.1 Å². The Labute approximate surface area is 126 Å². The third kappa shape index (κ3) is 2.42. The molecule has 3 rings (SSSR count). The Hall–Kier alpha value is -1.20. The largest absolute Gasteiger partial charge is 0.393 e. The van der Waals surface area contributed by atoms with Crippen molar-refractivity contribution in [2.45, 2.75) is 38.2 Å². The van der Waals surface area contributed by atoms with Crippen molar-refractivity contribution < 1.29 is 18.7 Å². The van der Waals surface area contributed by atoms with Gasteiger partial charge in [0.2, 0.25) is 5.91 Å². The molecule has 0 atom stereocenters. The Morgan fingerprint density at radius 2 is 1.90 bits per heavy atom. The van der Waals surface area contributed by atoms with Crippen LogP contribution in [0.25, 0.3) is 0 Å². The van der Waals surface area contributed by atoms with Crippen LogP contribution in [0.3, 0.4) is 0 Å². The van der Waals surface area contributed by atoms with Gasteiger partial charge < -0.3 is 10.0 Å². The molecule has 1 saturated heterocycles. The first kappa shape index (κ1) is 14.7. The maximum atomic E-state index is 14.0. The van der Waals surface area contributed by atoms with Crippen LogP contribution in [0.4, 0.5) is 14.5 Å². The van der Waals surface area contributed by atoms with E-state index in [1.165, 1.54) is 4.90 Å². The van der Waals surface area contributed by atoms with Crippen LogP contribution >= 0.6 is 11.6 Å². The van der Waals surface area contributed by atoms with Crippen LogP contribution in [-0.2, 0) is 4.79 Å². The SMILES string of the molecule is O=C1N(c2c(F)cc(F)cc2Cl)CCC12CCC(O)CC2. The molecule has 1 aromatic rings. The van der Waals surface area contributed by atoms with Crippen molar-refractivity contribution in [3.8, 4) is 0 Å². The highest BCUT2D eigenvalue weighted by Crippen LogP contribution is 2.47. The highest BCUT2D eigenvalue weighted by atomic mass is 35.5. The van der Waals surface area contributed by atoms with E-state index in [4.69, 9.17) is 11.6 Å². The van der Waals surface area contributed by atoms with Gasteiger partial charge in [0.15, 0.2) is 5.82 Å². The summed E-state index contributed by atoms with van der Waals surface area (Å²) in [6.45, 7) is 0.372. The topological polar surface area (TPSA) is 40.5 Å². The third-order valence-corrected chi connectivity index (χ3v) is 4.96. The maximum absolute atomic E-state index is 14.0. The number of nitrogens with zero attached hydrogens (tertiary/aromatic N) is 1. The lowest BCUT2D eigenvalue weighted by atomic mass is 9.72. The summed E-state index contributed by atoms with van der Waals surface area (Å²) in [6.07, 6.45) is 2.63. The molecule has 1 amide bonds. The molecular weight excluding hydrogens is 300 g/mol. The van der Waals surface area contributed by atoms with Gasteiger partial charge in [0.25, 0.3) is 0 Å². The number of hydrogen-bond donors (Lipinski definition) is 1. The molecule has 0 aromatic heterocycles. The molecule has 21 heavy (non-hydrogen) atoms. The average molecular weight is 316 g/mol. The molecule has 1 heterocycles. The summed E-state index contributed by atoms with van der Waals surface area (Å²) < 4.78 is 27.1. The summed E-state index contributed by atoms with van der Waals surface area (Å²) >= 11 is 5.92. The fourth-order valence-electron chi connectivity index (χ4n) is 3.45. The van der Waals surface area contributed by atoms with Gasteiger partial charge >= 0.3 is 0 Å². The molecule has 1 aromatic carbocycles. The van der Waals surface area contributed by atoms with Crippen molar-refractivity contribution >= 4 is 23.2 Å². The summed E-state index contributed by atoms with van der Waals surface area (Å²) in [5.41, 5.74) is -0.560. The summed E-state index contributed by atoms with van der Waals surface area (Å²) in [5.74, 6) is -1.74. The molecule has 3 nitrogen and oxygen atoms in total. The van der Waals surface area contributed by atoms with Gasteiger partial charge in [-0.2, -0.15) is 0 Å². The second-order valence-electron chi connectivity index (χ2n) is 5.94. The Balaban J connectivity index is 1.91. The number of aliphatic hydroxyl groups excluding tert-OH is 1. The summed E-state index contributed by atoms with van der Waals surface area (Å²) in [7, 11) is 0. The van der Waals surface area contributed by atoms with Crippen molar-refractivity contribution in [1.29, 1.82) is 0 Å². The van der Waals surface area contributed by atoms with Crippen LogP contribution in [0.15, 0.2) is 12.1 Å². The first-order valence-corrected chi connectivity index (χ1v) is 7.45. The summed E-state index contributed by atoms with van der Waals surface area (Å²) in [5, 5.41) is 9.50. The van der Waals surface area contributed by atoms with Gasteiger partial charge in [-0.05, 0) is 38.2 Å². The minimum atomic E-state index is -0.818. The minimum absolute atomic E-state index is 0.0361. The van der Waals surface area contributed by atoms with Crippen molar-refractivity contribution in [1.82, 2.24) is 0 Å². The molecule has 0 unspecified atom stereocenters. The lowest BCUT2D eigenvalue weighted by molar-refractivity contribution is -0.128. The van der Waals surface area contributed by atoms with E-state index in [1.54, 1.807) is 0 Å². The van der Waals surface area contributed by atoms with Gasteiger partial charge in [0.05, 0.1) is 22.2 Å². The second kappa shape index (κ2) is 5.21. The average Bonchev–Trinajstić information content (AvgIpc) is 2.71. The predicted molar refractivity (Wildman–Crippen MR) is 75.2 cm³/mol. The molecule has 1 saturated carbocycles. The molecule has 0 bridgehead atoms. The van der Waals surface area contributed by atoms with Crippen LogP contribution < -0.4 is 4.90 Å². The third-order valence-electron chi connectivity index (χ3n) is 4.68. The highest BCUT2D eigenvalue weighted by Gasteiger charge is 2.49. The molecular formula is C15H16ClF2NO2. The van der Waals surface area contributed by atoms with Gasteiger partial charge in [-0.3, -0.25) is 4.79 Å². The zero-order valence-corrected chi connectivity index (χ0v) is 12.2. The fourth-order valence-corrected chi connectivity index (χ4v) is 3.74. The fraction of sp³-hybridized carbons (Fsp3) is 0.533. The Morgan fingerprint density at radius 1 is 1.24 bits per heavy atom. The lowest BCUT2D eigenvalue weighted by Gasteiger charge is -2.34. The zero-order valence-electron chi connectivity index (χ0n) is 11.4. The lowest BCUT2D eigenvalue weighted by Crippen LogP contribution is -2.38. The Bertz CT molecular complexity index is 562. The van der Waals surface area contributed by atoms with Gasteiger partial charge in [0.1, 0.15) is 5.82 Å². The van der Waals surface area contributed by atoms with E-state index in [0.717, 1.165) is 12.1 Å². The van der Waals surface area contributed by atoms with E-state index in [9.17, 15) is 18.7 Å². The molecule has 1 aliphatic carbocycles. The molecule has 6 heteroatoms. The number of rotatable bonds is 1. The van der Waals surface area contributed by atoms with Crippen LogP contribution in [0.2, 0.25) is 5.02 Å². The van der Waals surface area contributed by atoms with E-state index in [2.05, 4.69) is 0 Å². The standard InChI is InChI=1S/C15H16ClF2NO2/c16-11-7-9(17)8-12(18)13(11)19-6-5-15(14(19)21)3-1-10(20)2-4-15/h7-8,10,20H,1-6H2. The number of halogens is 3. The monoisotopic (exact) mass is 315 g/mol. The number of hydrogen-bond acceptors (Lipinski definition) is 2. The quantitative estimate of drug-likeness (QED) is 0.864. The minimum Gasteiger partial charge on any atom is -0.393 e. The molecule has 0 radical (unpaired) electrons. The summed E-state index contributed by atoms with van der Waals surface area (Å²) in [4.78, 5) is 14.0. The van der Waals surface area contributed by atoms with Crippen LogP contribution in [0.5, 0.6) is 0 Å². The van der Waals surface area contributed by atoms with Crippen molar-refractivity contribution in [2.24, 2.45) is 5.41 Å². The van der Waals surface area contributed by atoms with Crippen molar-refractivity contribution in [2.75, 3.05) is 11.4 Å². The summed E-state index contributed by atoms with van der Waals surface area (Å²) in [6, 6.07) is 1.76. The van der Waals surface area contributed by atoms with Crippen molar-refractivity contribution in [3.63, 3.8) is 0 Å². The molecule has 1 aliphatic heterocycles. The smallest absolute Gasteiger partial charge is 0.233 e.